The molecule has 1 aliphatic heterocycles. The Morgan fingerprint density at radius 3 is 2.83 bits per heavy atom. The molecule has 1 atom stereocenters. The van der Waals surface area contributed by atoms with Gasteiger partial charge in [-0.15, -0.1) is 16.4 Å². The van der Waals surface area contributed by atoms with E-state index in [-0.39, 0.29) is 11.9 Å². The van der Waals surface area contributed by atoms with E-state index in [9.17, 15) is 4.79 Å². The lowest BCUT2D eigenvalue weighted by Gasteiger charge is -2.23. The molecule has 0 bridgehead atoms. The molecule has 2 aromatic heterocycles. The first kappa shape index (κ1) is 16.1. The van der Waals surface area contributed by atoms with E-state index in [0.29, 0.717) is 11.7 Å². The molecule has 1 saturated heterocycles. The zero-order valence-corrected chi connectivity index (χ0v) is 14.5. The summed E-state index contributed by atoms with van der Waals surface area (Å²) in [6.07, 6.45) is 3.85. The molecule has 3 heterocycles. The summed E-state index contributed by atoms with van der Waals surface area (Å²) in [6, 6.07) is 0.189. The molecule has 0 aromatic carbocycles. The number of nitrogens with one attached hydrogen (secondary N) is 2. The van der Waals surface area contributed by atoms with Crippen LogP contribution in [0.4, 0.5) is 0 Å². The van der Waals surface area contributed by atoms with E-state index in [1.54, 1.807) is 11.3 Å². The minimum atomic E-state index is -0.192. The fourth-order valence-corrected chi connectivity index (χ4v) is 3.62. The van der Waals surface area contributed by atoms with E-state index in [4.69, 9.17) is 0 Å². The van der Waals surface area contributed by atoms with Gasteiger partial charge in [0.1, 0.15) is 5.01 Å². The van der Waals surface area contributed by atoms with Gasteiger partial charge in [0, 0.05) is 11.1 Å². The van der Waals surface area contributed by atoms with Gasteiger partial charge in [-0.1, -0.05) is 5.21 Å². The third-order valence-electron chi connectivity index (χ3n) is 4.15. The Balaban J connectivity index is 1.71. The molecule has 2 N–H and O–H groups in total. The van der Waals surface area contributed by atoms with Crippen molar-refractivity contribution in [2.24, 2.45) is 0 Å². The number of carbonyl (C=O) groups excluding carboxylic acids is 1. The van der Waals surface area contributed by atoms with Crippen molar-refractivity contribution in [2.45, 2.75) is 45.7 Å². The molecule has 1 amide bonds. The molecule has 2 aromatic rings. The molecule has 3 rings (SSSR count). The smallest absolute Gasteiger partial charge is 0.274 e. The molecule has 0 saturated carbocycles. The molecule has 7 nitrogen and oxygen atoms in total. The minimum absolute atomic E-state index is 0.135. The van der Waals surface area contributed by atoms with Crippen molar-refractivity contribution in [3.63, 3.8) is 0 Å². The van der Waals surface area contributed by atoms with E-state index in [2.05, 4.69) is 25.9 Å². The van der Waals surface area contributed by atoms with Crippen molar-refractivity contribution in [1.29, 1.82) is 0 Å². The van der Waals surface area contributed by atoms with Crippen LogP contribution in [0, 0.1) is 13.8 Å². The Hall–Kier alpha value is -1.80. The van der Waals surface area contributed by atoms with Crippen molar-refractivity contribution in [3.05, 3.63) is 27.5 Å². The summed E-state index contributed by atoms with van der Waals surface area (Å²) in [4.78, 5) is 17.9. The highest BCUT2D eigenvalue weighted by Crippen LogP contribution is 2.22. The van der Waals surface area contributed by atoms with Gasteiger partial charge in [-0.05, 0) is 46.7 Å². The molecule has 23 heavy (non-hydrogen) atoms. The van der Waals surface area contributed by atoms with Crippen LogP contribution < -0.4 is 10.6 Å². The molecule has 0 spiro atoms. The average Bonchev–Trinajstić information content (AvgIpc) is 3.14. The second-order valence-corrected chi connectivity index (χ2v) is 7.22. The lowest BCUT2D eigenvalue weighted by atomic mass is 10.1. The number of rotatable bonds is 4. The summed E-state index contributed by atoms with van der Waals surface area (Å²) in [5.41, 5.74) is 1.24. The number of hydrogen-bond acceptors (Lipinski definition) is 6. The van der Waals surface area contributed by atoms with Gasteiger partial charge in [-0.25, -0.2) is 9.67 Å². The topological polar surface area (TPSA) is 84.7 Å². The van der Waals surface area contributed by atoms with Crippen molar-refractivity contribution in [1.82, 2.24) is 30.6 Å². The Kier molecular flexibility index (Phi) is 4.72. The first-order valence-corrected chi connectivity index (χ1v) is 8.73. The number of nitrogens with zero attached hydrogens (tertiary/aromatic N) is 4. The second kappa shape index (κ2) is 6.76. The maximum absolute atomic E-state index is 12.5. The number of piperidine rings is 1. The number of aromatic nitrogens is 4. The highest BCUT2D eigenvalue weighted by molar-refractivity contribution is 7.11. The molecule has 124 valence electrons. The number of carbonyl (C=O) groups is 1. The average molecular weight is 334 g/mol. The molecule has 1 aliphatic rings. The van der Waals surface area contributed by atoms with E-state index >= 15 is 0 Å². The number of thiazole rings is 1. The summed E-state index contributed by atoms with van der Waals surface area (Å²) in [5.74, 6) is -0.192. The maximum atomic E-state index is 12.5. The molecular weight excluding hydrogens is 312 g/mol. The van der Waals surface area contributed by atoms with E-state index < -0.39 is 0 Å². The van der Waals surface area contributed by atoms with E-state index in [1.165, 1.54) is 0 Å². The van der Waals surface area contributed by atoms with Crippen LogP contribution in [0.3, 0.4) is 0 Å². The highest BCUT2D eigenvalue weighted by Gasteiger charge is 2.24. The predicted molar refractivity (Wildman–Crippen MR) is 88.6 cm³/mol. The van der Waals surface area contributed by atoms with Crippen LogP contribution in [0.1, 0.15) is 57.9 Å². The normalized spacial score (nSPS) is 17.2. The van der Waals surface area contributed by atoms with Gasteiger partial charge in [0.2, 0.25) is 0 Å². The van der Waals surface area contributed by atoms with Crippen LogP contribution in [-0.4, -0.2) is 39.0 Å². The lowest BCUT2D eigenvalue weighted by molar-refractivity contribution is 0.0934. The van der Waals surface area contributed by atoms with Gasteiger partial charge in [-0.2, -0.15) is 0 Å². The molecule has 0 aliphatic carbocycles. The molecule has 0 radical (unpaired) electrons. The molecule has 0 unspecified atom stereocenters. The van der Waals surface area contributed by atoms with Gasteiger partial charge in [0.25, 0.3) is 5.91 Å². The van der Waals surface area contributed by atoms with Crippen LogP contribution in [-0.2, 0) is 0 Å². The second-order valence-electron chi connectivity index (χ2n) is 5.95. The van der Waals surface area contributed by atoms with Crippen molar-refractivity contribution < 1.29 is 4.79 Å². The van der Waals surface area contributed by atoms with E-state index in [1.807, 2.05) is 31.6 Å². The van der Waals surface area contributed by atoms with Crippen LogP contribution in [0.5, 0.6) is 0 Å². The SMILES string of the molecule is Cc1cnc([C@H](C)NC(=O)c2nnn(C3CCNCC3)c2C)s1. The fraction of sp³-hybridized carbons (Fsp3) is 0.600. The van der Waals surface area contributed by atoms with Crippen molar-refractivity contribution >= 4 is 17.2 Å². The first-order valence-electron chi connectivity index (χ1n) is 7.92. The van der Waals surface area contributed by atoms with Crippen LogP contribution in [0.2, 0.25) is 0 Å². The molecule has 1 fully saturated rings. The third kappa shape index (κ3) is 3.42. The van der Waals surface area contributed by atoms with E-state index in [0.717, 1.165) is 41.5 Å². The summed E-state index contributed by atoms with van der Waals surface area (Å²) < 4.78 is 1.90. The minimum Gasteiger partial charge on any atom is -0.342 e. The zero-order valence-electron chi connectivity index (χ0n) is 13.7. The van der Waals surface area contributed by atoms with Crippen LogP contribution >= 0.6 is 11.3 Å². The van der Waals surface area contributed by atoms with Gasteiger partial charge < -0.3 is 10.6 Å². The van der Waals surface area contributed by atoms with Gasteiger partial charge >= 0.3 is 0 Å². The Bertz CT molecular complexity index is 688. The predicted octanol–water partition coefficient (Wildman–Crippen LogP) is 1.77. The fourth-order valence-electron chi connectivity index (χ4n) is 2.85. The number of hydrogen-bond donors (Lipinski definition) is 2. The largest absolute Gasteiger partial charge is 0.342 e. The van der Waals surface area contributed by atoms with Gasteiger partial charge in [0.05, 0.1) is 17.8 Å². The third-order valence-corrected chi connectivity index (χ3v) is 5.25. The molecular formula is C15H22N6OS. The maximum Gasteiger partial charge on any atom is 0.274 e. The lowest BCUT2D eigenvalue weighted by Crippen LogP contribution is -2.30. The van der Waals surface area contributed by atoms with Gasteiger partial charge in [-0.3, -0.25) is 4.79 Å². The number of amides is 1. The Labute approximate surface area is 139 Å². The first-order chi connectivity index (χ1) is 11.1. The summed E-state index contributed by atoms with van der Waals surface area (Å²) in [6.45, 7) is 7.81. The summed E-state index contributed by atoms with van der Waals surface area (Å²) >= 11 is 1.59. The Morgan fingerprint density at radius 2 is 2.17 bits per heavy atom. The van der Waals surface area contributed by atoms with Crippen molar-refractivity contribution in [3.8, 4) is 0 Å². The zero-order chi connectivity index (χ0) is 16.4. The van der Waals surface area contributed by atoms with Gasteiger partial charge in [0.15, 0.2) is 5.69 Å². The summed E-state index contributed by atoms with van der Waals surface area (Å²) in [7, 11) is 0. The Morgan fingerprint density at radius 1 is 1.43 bits per heavy atom. The van der Waals surface area contributed by atoms with Crippen LogP contribution in [0.25, 0.3) is 0 Å². The molecule has 8 heteroatoms. The highest BCUT2D eigenvalue weighted by atomic mass is 32.1. The van der Waals surface area contributed by atoms with Crippen molar-refractivity contribution in [2.75, 3.05) is 13.1 Å². The number of aryl methyl sites for hydroxylation is 1. The van der Waals surface area contributed by atoms with Crippen LogP contribution in [0.15, 0.2) is 6.20 Å². The quantitative estimate of drug-likeness (QED) is 0.890. The standard InChI is InChI=1S/C15H22N6OS/c1-9-8-17-15(23-9)10(2)18-14(22)13-11(3)21(20-19-13)12-4-6-16-7-5-12/h8,10,12,16H,4-7H2,1-3H3,(H,18,22)/t10-/m0/s1. The monoisotopic (exact) mass is 334 g/mol. The summed E-state index contributed by atoms with van der Waals surface area (Å²) in [5, 5.41) is 15.5.